The van der Waals surface area contributed by atoms with Gasteiger partial charge in [-0.15, -0.1) is 0 Å². The van der Waals surface area contributed by atoms with Crippen LogP contribution >= 0.6 is 15.9 Å². The van der Waals surface area contributed by atoms with Gasteiger partial charge in [0.15, 0.2) is 0 Å². The Kier molecular flexibility index (Phi) is 5.76. The van der Waals surface area contributed by atoms with Gasteiger partial charge in [0.05, 0.1) is 28.0 Å². The van der Waals surface area contributed by atoms with Gasteiger partial charge in [-0.1, -0.05) is 12.1 Å². The van der Waals surface area contributed by atoms with Crippen molar-refractivity contribution in [3.63, 3.8) is 0 Å². The summed E-state index contributed by atoms with van der Waals surface area (Å²) in [6.07, 6.45) is 1.71. The van der Waals surface area contributed by atoms with Crippen LogP contribution < -0.4 is 10.2 Å². The van der Waals surface area contributed by atoms with Crippen LogP contribution in [0.1, 0.15) is 29.8 Å². The van der Waals surface area contributed by atoms with Gasteiger partial charge in [-0.05, 0) is 65.7 Å². The van der Waals surface area contributed by atoms with Crippen molar-refractivity contribution >= 4 is 33.8 Å². The second-order valence-corrected chi connectivity index (χ2v) is 5.93. The van der Waals surface area contributed by atoms with Crippen molar-refractivity contribution in [2.45, 2.75) is 20.0 Å². The van der Waals surface area contributed by atoms with E-state index >= 15 is 0 Å². The number of halogens is 1. The van der Waals surface area contributed by atoms with Gasteiger partial charge in [-0.3, -0.25) is 5.43 Å². The minimum atomic E-state index is -0.999. The van der Waals surface area contributed by atoms with Crippen molar-refractivity contribution in [1.29, 1.82) is 0 Å². The maximum absolute atomic E-state index is 11.1. The number of rotatable bonds is 6. The van der Waals surface area contributed by atoms with Crippen LogP contribution in [-0.4, -0.2) is 23.4 Å². The number of carboxylic acids is 1. The highest BCUT2D eigenvalue weighted by Crippen LogP contribution is 2.26. The van der Waals surface area contributed by atoms with E-state index in [1.165, 1.54) is 6.07 Å². The van der Waals surface area contributed by atoms with E-state index < -0.39 is 5.97 Å². The highest BCUT2D eigenvalue weighted by atomic mass is 79.9. The second-order valence-electron chi connectivity index (χ2n) is 5.08. The molecule has 0 heterocycles. The number of anilines is 1. The Labute approximate surface area is 143 Å². The number of para-hydroxylation sites is 1. The van der Waals surface area contributed by atoms with E-state index in [0.29, 0.717) is 5.69 Å². The standard InChI is InChI=1S/C17H17BrN2O3/c1-11(2)23-16-8-7-12(9-14(16)18)10-19-20-15-6-4-3-5-13(15)17(21)22/h3-11,20H,1-2H3,(H,21,22). The molecule has 0 unspecified atom stereocenters. The van der Waals surface area contributed by atoms with E-state index in [0.717, 1.165) is 15.8 Å². The van der Waals surface area contributed by atoms with Gasteiger partial charge in [-0.2, -0.15) is 5.10 Å². The lowest BCUT2D eigenvalue weighted by atomic mass is 10.2. The van der Waals surface area contributed by atoms with Gasteiger partial charge in [0.25, 0.3) is 0 Å². The zero-order chi connectivity index (χ0) is 16.8. The Morgan fingerprint density at radius 3 is 2.70 bits per heavy atom. The molecule has 2 aromatic carbocycles. The maximum atomic E-state index is 11.1. The third-order valence-electron chi connectivity index (χ3n) is 2.87. The third-order valence-corrected chi connectivity index (χ3v) is 3.49. The summed E-state index contributed by atoms with van der Waals surface area (Å²) in [5, 5.41) is 13.2. The minimum absolute atomic E-state index is 0.0972. The lowest BCUT2D eigenvalue weighted by Gasteiger charge is -2.11. The predicted octanol–water partition coefficient (Wildman–Crippen LogP) is 4.38. The van der Waals surface area contributed by atoms with E-state index in [9.17, 15) is 4.79 Å². The Morgan fingerprint density at radius 2 is 2.04 bits per heavy atom. The highest BCUT2D eigenvalue weighted by Gasteiger charge is 2.07. The molecular formula is C17H17BrN2O3. The molecule has 2 rings (SSSR count). The molecule has 0 saturated heterocycles. The molecule has 0 aromatic heterocycles. The van der Waals surface area contributed by atoms with E-state index in [1.807, 2.05) is 32.0 Å². The molecule has 0 aliphatic rings. The summed E-state index contributed by atoms with van der Waals surface area (Å²) in [4.78, 5) is 11.1. The van der Waals surface area contributed by atoms with Crippen molar-refractivity contribution in [3.05, 3.63) is 58.1 Å². The van der Waals surface area contributed by atoms with E-state index in [1.54, 1.807) is 24.4 Å². The number of hydrazone groups is 1. The molecule has 0 radical (unpaired) electrons. The number of aromatic carboxylic acids is 1. The number of ether oxygens (including phenoxy) is 1. The molecule has 120 valence electrons. The molecule has 0 atom stereocenters. The molecule has 2 N–H and O–H groups in total. The summed E-state index contributed by atoms with van der Waals surface area (Å²) in [6.45, 7) is 3.93. The van der Waals surface area contributed by atoms with Crippen LogP contribution in [-0.2, 0) is 0 Å². The first-order valence-corrected chi connectivity index (χ1v) is 7.84. The van der Waals surface area contributed by atoms with Crippen LogP contribution in [0.2, 0.25) is 0 Å². The molecule has 0 bridgehead atoms. The fourth-order valence-corrected chi connectivity index (χ4v) is 2.38. The Balaban J connectivity index is 2.10. The maximum Gasteiger partial charge on any atom is 0.337 e. The van der Waals surface area contributed by atoms with Gasteiger partial charge < -0.3 is 9.84 Å². The van der Waals surface area contributed by atoms with Crippen molar-refractivity contribution in [1.82, 2.24) is 0 Å². The third kappa shape index (κ3) is 4.82. The first-order chi connectivity index (χ1) is 11.0. The van der Waals surface area contributed by atoms with Crippen LogP contribution in [0, 0.1) is 0 Å². The Bertz CT molecular complexity index is 730. The van der Waals surface area contributed by atoms with Crippen molar-refractivity contribution in [2.24, 2.45) is 5.10 Å². The first kappa shape index (κ1) is 17.0. The summed E-state index contributed by atoms with van der Waals surface area (Å²) in [6, 6.07) is 12.2. The lowest BCUT2D eigenvalue weighted by molar-refractivity contribution is 0.0698. The van der Waals surface area contributed by atoms with Gasteiger partial charge in [0.2, 0.25) is 0 Å². The highest BCUT2D eigenvalue weighted by molar-refractivity contribution is 9.10. The number of nitrogens with one attached hydrogen (secondary N) is 1. The number of nitrogens with zero attached hydrogens (tertiary/aromatic N) is 1. The first-order valence-electron chi connectivity index (χ1n) is 7.05. The van der Waals surface area contributed by atoms with E-state index in [2.05, 4.69) is 26.5 Å². The quantitative estimate of drug-likeness (QED) is 0.579. The number of hydrogen-bond acceptors (Lipinski definition) is 4. The number of carboxylic acid groups (broad SMARTS) is 1. The monoisotopic (exact) mass is 376 g/mol. The molecule has 0 fully saturated rings. The lowest BCUT2D eigenvalue weighted by Crippen LogP contribution is -2.06. The number of carbonyl (C=O) groups is 1. The molecule has 0 aliphatic heterocycles. The molecule has 6 heteroatoms. The molecule has 0 saturated carbocycles. The topological polar surface area (TPSA) is 70.9 Å². The van der Waals surface area contributed by atoms with Crippen molar-refractivity contribution in [2.75, 3.05) is 5.43 Å². The average Bonchev–Trinajstić information content (AvgIpc) is 2.50. The summed E-state index contributed by atoms with van der Waals surface area (Å²) in [7, 11) is 0. The fourth-order valence-electron chi connectivity index (χ4n) is 1.89. The Hall–Kier alpha value is -2.34. The summed E-state index contributed by atoms with van der Waals surface area (Å²) < 4.78 is 6.48. The number of benzene rings is 2. The van der Waals surface area contributed by atoms with Gasteiger partial charge in [-0.25, -0.2) is 4.79 Å². The van der Waals surface area contributed by atoms with Crippen LogP contribution in [0.5, 0.6) is 5.75 Å². The zero-order valence-corrected chi connectivity index (χ0v) is 14.4. The molecule has 23 heavy (non-hydrogen) atoms. The molecule has 5 nitrogen and oxygen atoms in total. The van der Waals surface area contributed by atoms with E-state index in [4.69, 9.17) is 9.84 Å². The Morgan fingerprint density at radius 1 is 1.30 bits per heavy atom. The molecule has 0 spiro atoms. The van der Waals surface area contributed by atoms with Crippen LogP contribution in [0.4, 0.5) is 5.69 Å². The van der Waals surface area contributed by atoms with Crippen molar-refractivity contribution < 1.29 is 14.6 Å². The predicted molar refractivity (Wildman–Crippen MR) is 94.5 cm³/mol. The normalized spacial score (nSPS) is 11.0. The molecule has 0 aliphatic carbocycles. The van der Waals surface area contributed by atoms with Crippen LogP contribution in [0.3, 0.4) is 0 Å². The van der Waals surface area contributed by atoms with E-state index in [-0.39, 0.29) is 11.7 Å². The molecular weight excluding hydrogens is 360 g/mol. The zero-order valence-electron chi connectivity index (χ0n) is 12.8. The summed E-state index contributed by atoms with van der Waals surface area (Å²) >= 11 is 3.46. The largest absolute Gasteiger partial charge is 0.490 e. The van der Waals surface area contributed by atoms with Crippen LogP contribution in [0.15, 0.2) is 52.0 Å². The van der Waals surface area contributed by atoms with Gasteiger partial charge in [0.1, 0.15) is 5.75 Å². The van der Waals surface area contributed by atoms with Gasteiger partial charge in [0, 0.05) is 0 Å². The second kappa shape index (κ2) is 7.78. The van der Waals surface area contributed by atoms with Crippen molar-refractivity contribution in [3.8, 4) is 5.75 Å². The SMILES string of the molecule is CC(C)Oc1ccc(C=NNc2ccccc2C(=O)O)cc1Br. The minimum Gasteiger partial charge on any atom is -0.490 e. The molecule has 2 aromatic rings. The average molecular weight is 377 g/mol. The molecule has 0 amide bonds. The van der Waals surface area contributed by atoms with Crippen LogP contribution in [0.25, 0.3) is 0 Å². The summed E-state index contributed by atoms with van der Waals surface area (Å²) in [5.41, 5.74) is 4.22. The smallest absolute Gasteiger partial charge is 0.337 e. The number of hydrogen-bond donors (Lipinski definition) is 2. The summed E-state index contributed by atoms with van der Waals surface area (Å²) in [5.74, 6) is -0.234. The fraction of sp³-hybridized carbons (Fsp3) is 0.176. The van der Waals surface area contributed by atoms with Gasteiger partial charge >= 0.3 is 5.97 Å².